The van der Waals surface area contributed by atoms with E-state index in [1.165, 1.54) is 19.2 Å². The van der Waals surface area contributed by atoms with Gasteiger partial charge in [0.05, 0.1) is 19.7 Å². The number of nitrogens with zero attached hydrogens (tertiary/aromatic N) is 1. The van der Waals surface area contributed by atoms with Crippen molar-refractivity contribution >= 4 is 23.4 Å². The van der Waals surface area contributed by atoms with Gasteiger partial charge in [-0.1, -0.05) is 0 Å². The summed E-state index contributed by atoms with van der Waals surface area (Å²) in [6, 6.07) is 9.75. The molecule has 2 rings (SSSR count). The van der Waals surface area contributed by atoms with E-state index in [-0.39, 0.29) is 5.88 Å². The number of amides is 1. The van der Waals surface area contributed by atoms with Gasteiger partial charge in [-0.05, 0) is 30.3 Å². The third kappa shape index (κ3) is 3.96. The van der Waals surface area contributed by atoms with Crippen molar-refractivity contribution in [1.82, 2.24) is 0 Å². The van der Waals surface area contributed by atoms with Gasteiger partial charge in [0.1, 0.15) is 10.7 Å². The molecule has 1 heterocycles. The van der Waals surface area contributed by atoms with Gasteiger partial charge in [-0.2, -0.15) is 0 Å². The maximum atomic E-state index is 11.0. The molecule has 8 heteroatoms. The molecule has 0 aliphatic heterocycles. The molecule has 0 aliphatic carbocycles. The molecule has 110 valence electrons. The molecule has 1 amide bonds. The second-order valence-electron chi connectivity index (χ2n) is 4.04. The van der Waals surface area contributed by atoms with Gasteiger partial charge >= 0.3 is 12.0 Å². The number of benzene rings is 1. The molecule has 2 aromatic rings. The number of rotatable bonds is 5. The normalized spacial score (nSPS) is 9.95. The van der Waals surface area contributed by atoms with Gasteiger partial charge in [-0.15, -0.1) is 0 Å². The maximum absolute atomic E-state index is 11.0. The first kappa shape index (κ1) is 14.4. The van der Waals surface area contributed by atoms with Gasteiger partial charge in [-0.3, -0.25) is 15.4 Å². The molecule has 0 aliphatic rings. The smallest absolute Gasteiger partial charge is 0.433 e. The van der Waals surface area contributed by atoms with E-state index in [1.54, 1.807) is 24.3 Å². The molecule has 0 radical (unpaired) electrons. The van der Waals surface area contributed by atoms with Gasteiger partial charge in [-0.25, -0.2) is 4.79 Å². The first-order valence-electron chi connectivity index (χ1n) is 6.00. The number of hydrogen-bond donors (Lipinski definition) is 2. The quantitative estimate of drug-likeness (QED) is 0.647. The summed E-state index contributed by atoms with van der Waals surface area (Å²) in [6.07, 6.45) is -0.543. The molecule has 1 aromatic heterocycles. The van der Waals surface area contributed by atoms with Crippen molar-refractivity contribution in [2.45, 2.75) is 6.54 Å². The average Bonchev–Trinajstić information content (AvgIpc) is 2.95. The summed E-state index contributed by atoms with van der Waals surface area (Å²) in [5.41, 5.74) is 1.38. The van der Waals surface area contributed by atoms with Crippen molar-refractivity contribution in [3.63, 3.8) is 0 Å². The fraction of sp³-hybridized carbons (Fsp3) is 0.154. The van der Waals surface area contributed by atoms with Crippen LogP contribution >= 0.6 is 0 Å². The Labute approximate surface area is 119 Å². The first-order chi connectivity index (χ1) is 10.1. The van der Waals surface area contributed by atoms with Crippen LogP contribution < -0.4 is 10.6 Å². The van der Waals surface area contributed by atoms with Crippen LogP contribution in [0.1, 0.15) is 5.76 Å². The first-order valence-corrected chi connectivity index (χ1v) is 6.00. The Morgan fingerprint density at radius 1 is 1.24 bits per heavy atom. The average molecular weight is 291 g/mol. The lowest BCUT2D eigenvalue weighted by molar-refractivity contribution is -0.402. The van der Waals surface area contributed by atoms with Crippen LogP contribution in [0.15, 0.2) is 40.8 Å². The van der Waals surface area contributed by atoms with E-state index in [0.29, 0.717) is 18.0 Å². The second-order valence-corrected chi connectivity index (χ2v) is 4.04. The highest BCUT2D eigenvalue weighted by Gasteiger charge is 2.11. The highest BCUT2D eigenvalue weighted by atomic mass is 16.6. The number of nitro groups is 1. The molecule has 0 unspecified atom stereocenters. The number of furan rings is 1. The van der Waals surface area contributed by atoms with Crippen molar-refractivity contribution in [2.24, 2.45) is 0 Å². The van der Waals surface area contributed by atoms with Gasteiger partial charge < -0.3 is 14.5 Å². The molecule has 0 atom stereocenters. The lowest BCUT2D eigenvalue weighted by Crippen LogP contribution is -2.10. The van der Waals surface area contributed by atoms with Crippen molar-refractivity contribution in [2.75, 3.05) is 17.7 Å². The van der Waals surface area contributed by atoms with Gasteiger partial charge in [0, 0.05) is 11.4 Å². The minimum absolute atomic E-state index is 0.288. The van der Waals surface area contributed by atoms with Crippen molar-refractivity contribution in [3.05, 3.63) is 52.3 Å². The summed E-state index contributed by atoms with van der Waals surface area (Å²) in [5.74, 6) is 0.169. The second kappa shape index (κ2) is 6.42. The van der Waals surface area contributed by atoms with Gasteiger partial charge in [0.15, 0.2) is 0 Å². The molecule has 0 spiro atoms. The number of ether oxygens (including phenoxy) is 1. The molecule has 0 saturated heterocycles. The van der Waals surface area contributed by atoms with E-state index >= 15 is 0 Å². The van der Waals surface area contributed by atoms with Crippen LogP contribution in [0.4, 0.5) is 22.1 Å². The highest BCUT2D eigenvalue weighted by molar-refractivity contribution is 5.84. The molecule has 0 fully saturated rings. The Morgan fingerprint density at radius 3 is 2.48 bits per heavy atom. The van der Waals surface area contributed by atoms with Crippen LogP contribution in [-0.2, 0) is 11.3 Å². The van der Waals surface area contributed by atoms with E-state index in [1.807, 2.05) is 0 Å². The Bertz CT molecular complexity index is 636. The number of carbonyl (C=O) groups is 1. The van der Waals surface area contributed by atoms with Crippen LogP contribution in [0.25, 0.3) is 0 Å². The zero-order chi connectivity index (χ0) is 15.2. The number of anilines is 2. The van der Waals surface area contributed by atoms with Crippen LogP contribution in [0, 0.1) is 10.1 Å². The third-order valence-electron chi connectivity index (χ3n) is 2.61. The number of nitrogens with one attached hydrogen (secondary N) is 2. The van der Waals surface area contributed by atoms with Gasteiger partial charge in [0.25, 0.3) is 0 Å². The molecule has 2 N–H and O–H groups in total. The summed E-state index contributed by atoms with van der Waals surface area (Å²) < 4.78 is 9.50. The largest absolute Gasteiger partial charge is 0.453 e. The number of hydrogen-bond acceptors (Lipinski definition) is 6. The minimum atomic E-state index is -0.587. The van der Waals surface area contributed by atoms with Crippen LogP contribution in [0.2, 0.25) is 0 Å². The standard InChI is InChI=1S/C13H13N3O5/c1-20-13(17)15-10-4-2-9(3-5-10)14-8-11-6-7-12(21-11)16(18)19/h2-7,14H,8H2,1H3,(H,15,17). The van der Waals surface area contributed by atoms with Crippen molar-refractivity contribution < 1.29 is 18.9 Å². The molecule has 0 bridgehead atoms. The maximum Gasteiger partial charge on any atom is 0.433 e. The predicted molar refractivity (Wildman–Crippen MR) is 75.2 cm³/mol. The van der Waals surface area contributed by atoms with E-state index in [2.05, 4.69) is 15.4 Å². The summed E-state index contributed by atoms with van der Waals surface area (Å²) in [7, 11) is 1.29. The Balaban J connectivity index is 1.91. The van der Waals surface area contributed by atoms with Crippen molar-refractivity contribution in [1.29, 1.82) is 0 Å². The summed E-state index contributed by atoms with van der Waals surface area (Å²) in [5, 5.41) is 16.1. The third-order valence-corrected chi connectivity index (χ3v) is 2.61. The predicted octanol–water partition coefficient (Wildman–Crippen LogP) is 2.98. The SMILES string of the molecule is COC(=O)Nc1ccc(NCc2ccc([N+](=O)[O-])o2)cc1. The topological polar surface area (TPSA) is 107 Å². The summed E-state index contributed by atoms with van der Waals surface area (Å²) in [4.78, 5) is 20.9. The molecule has 21 heavy (non-hydrogen) atoms. The van der Waals surface area contributed by atoms with Gasteiger partial charge in [0.2, 0.25) is 0 Å². The zero-order valence-corrected chi connectivity index (χ0v) is 11.2. The molecular weight excluding hydrogens is 278 g/mol. The fourth-order valence-corrected chi connectivity index (χ4v) is 1.59. The molecule has 1 aromatic carbocycles. The van der Waals surface area contributed by atoms with E-state index in [9.17, 15) is 14.9 Å². The number of carbonyl (C=O) groups excluding carboxylic acids is 1. The van der Waals surface area contributed by atoms with Crippen LogP contribution in [0.5, 0.6) is 0 Å². The monoisotopic (exact) mass is 291 g/mol. The Morgan fingerprint density at radius 2 is 1.90 bits per heavy atom. The fourth-order valence-electron chi connectivity index (χ4n) is 1.59. The summed E-state index contributed by atoms with van der Waals surface area (Å²) >= 11 is 0. The molecule has 8 nitrogen and oxygen atoms in total. The van der Waals surface area contributed by atoms with Crippen LogP contribution in [-0.4, -0.2) is 18.1 Å². The zero-order valence-electron chi connectivity index (χ0n) is 11.2. The molecule has 0 saturated carbocycles. The lowest BCUT2D eigenvalue weighted by atomic mass is 10.2. The van der Waals surface area contributed by atoms with E-state index in [4.69, 9.17) is 4.42 Å². The lowest BCUT2D eigenvalue weighted by Gasteiger charge is -2.06. The Hall–Kier alpha value is -3.03. The molecular formula is C13H13N3O5. The van der Waals surface area contributed by atoms with Crippen molar-refractivity contribution in [3.8, 4) is 0 Å². The highest BCUT2D eigenvalue weighted by Crippen LogP contribution is 2.18. The van der Waals surface area contributed by atoms with Crippen LogP contribution in [0.3, 0.4) is 0 Å². The van der Waals surface area contributed by atoms with E-state index < -0.39 is 11.0 Å². The number of methoxy groups -OCH3 is 1. The Kier molecular flexibility index (Phi) is 4.39. The minimum Gasteiger partial charge on any atom is -0.453 e. The van der Waals surface area contributed by atoms with E-state index in [0.717, 1.165) is 5.69 Å². The summed E-state index contributed by atoms with van der Waals surface area (Å²) in [6.45, 7) is 0.317.